The van der Waals surface area contributed by atoms with Crippen molar-refractivity contribution in [2.75, 3.05) is 17.6 Å². The van der Waals surface area contributed by atoms with Gasteiger partial charge in [0.2, 0.25) is 0 Å². The molecule has 0 saturated heterocycles. The van der Waals surface area contributed by atoms with E-state index in [0.29, 0.717) is 17.2 Å². The molecule has 0 heterocycles. The van der Waals surface area contributed by atoms with Crippen LogP contribution in [-0.4, -0.2) is 12.5 Å². The number of rotatable bonds is 4. The summed E-state index contributed by atoms with van der Waals surface area (Å²) in [4.78, 5) is 11.3. The van der Waals surface area contributed by atoms with Crippen LogP contribution in [0.4, 0.5) is 11.4 Å². The van der Waals surface area contributed by atoms with Gasteiger partial charge in [0.25, 0.3) is 5.91 Å². The second kappa shape index (κ2) is 5.08. The molecule has 5 N–H and O–H groups in total. The van der Waals surface area contributed by atoms with Crippen molar-refractivity contribution in [2.24, 2.45) is 11.7 Å². The molecule has 1 amide bonds. The van der Waals surface area contributed by atoms with Crippen LogP contribution in [0.1, 0.15) is 36.0 Å². The van der Waals surface area contributed by atoms with Crippen LogP contribution in [0.25, 0.3) is 0 Å². The van der Waals surface area contributed by atoms with Gasteiger partial charge in [0.05, 0.1) is 5.56 Å². The van der Waals surface area contributed by atoms with E-state index in [1.54, 1.807) is 18.2 Å². The maximum atomic E-state index is 11.3. The third-order valence-corrected chi connectivity index (χ3v) is 3.37. The van der Waals surface area contributed by atoms with Gasteiger partial charge >= 0.3 is 0 Å². The summed E-state index contributed by atoms with van der Waals surface area (Å²) in [7, 11) is 0. The first-order valence-corrected chi connectivity index (χ1v) is 6.10. The fourth-order valence-electron chi connectivity index (χ4n) is 2.39. The first-order valence-electron chi connectivity index (χ1n) is 6.10. The molecular formula is C13H19N3O. The average molecular weight is 233 g/mol. The quantitative estimate of drug-likeness (QED) is 0.695. The summed E-state index contributed by atoms with van der Waals surface area (Å²) in [6, 6.07) is 5.14. The summed E-state index contributed by atoms with van der Waals surface area (Å²) in [5, 5.41) is 3.30. The maximum absolute atomic E-state index is 11.3. The molecule has 4 nitrogen and oxygen atoms in total. The number of nitrogens with one attached hydrogen (secondary N) is 1. The van der Waals surface area contributed by atoms with E-state index in [4.69, 9.17) is 11.5 Å². The van der Waals surface area contributed by atoms with E-state index < -0.39 is 5.91 Å². The van der Waals surface area contributed by atoms with Gasteiger partial charge in [-0.25, -0.2) is 0 Å². The standard InChI is InChI=1S/C13H19N3O/c14-10-5-6-11(13(15)17)12(7-10)16-8-9-3-1-2-4-9/h5-7,9,16H,1-4,8,14H2,(H2,15,17). The largest absolute Gasteiger partial charge is 0.399 e. The van der Waals surface area contributed by atoms with E-state index in [2.05, 4.69) is 5.32 Å². The molecule has 1 aromatic carbocycles. The topological polar surface area (TPSA) is 81.1 Å². The van der Waals surface area contributed by atoms with Gasteiger partial charge in [0.1, 0.15) is 0 Å². The van der Waals surface area contributed by atoms with Crippen LogP contribution in [0.15, 0.2) is 18.2 Å². The number of benzene rings is 1. The first-order chi connectivity index (χ1) is 8.16. The monoisotopic (exact) mass is 233 g/mol. The number of nitrogen functional groups attached to an aromatic ring is 1. The zero-order valence-corrected chi connectivity index (χ0v) is 9.91. The lowest BCUT2D eigenvalue weighted by atomic mass is 10.1. The van der Waals surface area contributed by atoms with E-state index in [9.17, 15) is 4.79 Å². The number of carbonyl (C=O) groups excluding carboxylic acids is 1. The Hall–Kier alpha value is -1.71. The van der Waals surface area contributed by atoms with Crippen molar-refractivity contribution in [3.05, 3.63) is 23.8 Å². The van der Waals surface area contributed by atoms with Crippen molar-refractivity contribution in [3.63, 3.8) is 0 Å². The van der Waals surface area contributed by atoms with Crippen LogP contribution in [0, 0.1) is 5.92 Å². The van der Waals surface area contributed by atoms with Crippen LogP contribution in [0.5, 0.6) is 0 Å². The van der Waals surface area contributed by atoms with Gasteiger partial charge in [-0.05, 0) is 37.0 Å². The highest BCUT2D eigenvalue weighted by Crippen LogP contribution is 2.26. The van der Waals surface area contributed by atoms with Crippen LogP contribution in [-0.2, 0) is 0 Å². The number of amides is 1. The number of nitrogens with two attached hydrogens (primary N) is 2. The number of carbonyl (C=O) groups is 1. The highest BCUT2D eigenvalue weighted by molar-refractivity contribution is 5.99. The second-order valence-electron chi connectivity index (χ2n) is 4.70. The number of primary amides is 1. The molecule has 4 heteroatoms. The second-order valence-corrected chi connectivity index (χ2v) is 4.70. The Morgan fingerprint density at radius 1 is 1.35 bits per heavy atom. The van der Waals surface area contributed by atoms with Gasteiger partial charge < -0.3 is 16.8 Å². The summed E-state index contributed by atoms with van der Waals surface area (Å²) in [6.07, 6.45) is 5.15. The lowest BCUT2D eigenvalue weighted by Gasteiger charge is -2.14. The van der Waals surface area contributed by atoms with Crippen molar-refractivity contribution >= 4 is 17.3 Å². The molecule has 1 aliphatic rings. The Morgan fingerprint density at radius 3 is 2.71 bits per heavy atom. The third-order valence-electron chi connectivity index (χ3n) is 3.37. The van der Waals surface area contributed by atoms with E-state index in [0.717, 1.165) is 12.2 Å². The predicted octanol–water partition coefficient (Wildman–Crippen LogP) is 1.97. The SMILES string of the molecule is NC(=O)c1ccc(N)cc1NCC1CCCC1. The smallest absolute Gasteiger partial charge is 0.250 e. The Labute approximate surface area is 101 Å². The molecule has 0 radical (unpaired) electrons. The highest BCUT2D eigenvalue weighted by Gasteiger charge is 2.15. The number of hydrogen-bond donors (Lipinski definition) is 3. The lowest BCUT2D eigenvalue weighted by molar-refractivity contribution is 0.100. The summed E-state index contributed by atoms with van der Waals surface area (Å²) >= 11 is 0. The van der Waals surface area contributed by atoms with Gasteiger partial charge in [0.15, 0.2) is 0 Å². The predicted molar refractivity (Wildman–Crippen MR) is 69.8 cm³/mol. The Morgan fingerprint density at radius 2 is 2.06 bits per heavy atom. The number of anilines is 2. The normalized spacial score (nSPS) is 16.0. The van der Waals surface area contributed by atoms with Crippen LogP contribution < -0.4 is 16.8 Å². The molecule has 0 bridgehead atoms. The van der Waals surface area contributed by atoms with E-state index >= 15 is 0 Å². The lowest BCUT2D eigenvalue weighted by Crippen LogP contribution is -2.17. The molecule has 1 aromatic rings. The molecule has 92 valence electrons. The fraction of sp³-hybridized carbons (Fsp3) is 0.462. The zero-order chi connectivity index (χ0) is 12.3. The molecular weight excluding hydrogens is 214 g/mol. The summed E-state index contributed by atoms with van der Waals surface area (Å²) in [5.41, 5.74) is 13.0. The highest BCUT2D eigenvalue weighted by atomic mass is 16.1. The molecule has 17 heavy (non-hydrogen) atoms. The average Bonchev–Trinajstić information content (AvgIpc) is 2.78. The molecule has 1 saturated carbocycles. The van der Waals surface area contributed by atoms with E-state index in [-0.39, 0.29) is 0 Å². The van der Waals surface area contributed by atoms with Gasteiger partial charge in [-0.3, -0.25) is 4.79 Å². The molecule has 0 aliphatic heterocycles. The minimum Gasteiger partial charge on any atom is -0.399 e. The fourth-order valence-corrected chi connectivity index (χ4v) is 2.39. The Balaban J connectivity index is 2.07. The van der Waals surface area contributed by atoms with Crippen LogP contribution >= 0.6 is 0 Å². The molecule has 0 spiro atoms. The van der Waals surface area contributed by atoms with Crippen LogP contribution in [0.3, 0.4) is 0 Å². The van der Waals surface area contributed by atoms with Crippen molar-refractivity contribution in [2.45, 2.75) is 25.7 Å². The summed E-state index contributed by atoms with van der Waals surface area (Å²) < 4.78 is 0. The van der Waals surface area contributed by atoms with Crippen molar-refractivity contribution in [1.82, 2.24) is 0 Å². The molecule has 1 aliphatic carbocycles. The summed E-state index contributed by atoms with van der Waals surface area (Å²) in [5.74, 6) is 0.288. The Kier molecular flexibility index (Phi) is 3.52. The molecule has 1 fully saturated rings. The van der Waals surface area contributed by atoms with Gasteiger partial charge in [-0.15, -0.1) is 0 Å². The van der Waals surface area contributed by atoms with Crippen molar-refractivity contribution in [3.8, 4) is 0 Å². The first kappa shape index (κ1) is 11.8. The minimum absolute atomic E-state index is 0.418. The third kappa shape index (κ3) is 2.90. The molecule has 2 rings (SSSR count). The molecule has 0 aromatic heterocycles. The van der Waals surface area contributed by atoms with Crippen molar-refractivity contribution in [1.29, 1.82) is 0 Å². The Bertz CT molecular complexity index is 411. The van der Waals surface area contributed by atoms with Crippen LogP contribution in [0.2, 0.25) is 0 Å². The molecule has 0 atom stereocenters. The summed E-state index contributed by atoms with van der Waals surface area (Å²) in [6.45, 7) is 0.893. The maximum Gasteiger partial charge on any atom is 0.250 e. The van der Waals surface area contributed by atoms with E-state index in [1.165, 1.54) is 25.7 Å². The number of hydrogen-bond acceptors (Lipinski definition) is 3. The zero-order valence-electron chi connectivity index (χ0n) is 9.91. The van der Waals surface area contributed by atoms with Crippen molar-refractivity contribution < 1.29 is 4.79 Å². The molecule has 0 unspecified atom stereocenters. The van der Waals surface area contributed by atoms with Gasteiger partial charge in [-0.1, -0.05) is 12.8 Å². The van der Waals surface area contributed by atoms with Gasteiger partial charge in [-0.2, -0.15) is 0 Å². The minimum atomic E-state index is -0.418. The van der Waals surface area contributed by atoms with Gasteiger partial charge in [0, 0.05) is 17.9 Å². The van der Waals surface area contributed by atoms with E-state index in [1.807, 2.05) is 0 Å².